The Balaban J connectivity index is 4.42. The number of carbonyl (C=O) groups is 2. The van der Waals surface area contributed by atoms with Gasteiger partial charge in [-0.15, -0.1) is 0 Å². The summed E-state index contributed by atoms with van der Waals surface area (Å²) in [7, 11) is 1.52. The van der Waals surface area contributed by atoms with Gasteiger partial charge in [0, 0.05) is 14.0 Å². The standard InChI is InChI=1S/C9H17NO3/c1-6(2)5-8(9(12)13)10(4)7(3)11/h6,8H,5H2,1-4H3,(H,12,13)/t8-/m1/s1. The second-order valence-electron chi connectivity index (χ2n) is 3.61. The fourth-order valence-electron chi connectivity index (χ4n) is 1.09. The number of carbonyl (C=O) groups excluding carboxylic acids is 1. The fourth-order valence-corrected chi connectivity index (χ4v) is 1.09. The molecule has 0 spiro atoms. The van der Waals surface area contributed by atoms with E-state index in [1.807, 2.05) is 13.8 Å². The summed E-state index contributed by atoms with van der Waals surface area (Å²) in [6.07, 6.45) is 0.491. The molecule has 0 radical (unpaired) electrons. The third-order valence-electron chi connectivity index (χ3n) is 1.94. The van der Waals surface area contributed by atoms with Crippen molar-refractivity contribution in [3.63, 3.8) is 0 Å². The lowest BCUT2D eigenvalue weighted by Gasteiger charge is -2.24. The predicted molar refractivity (Wildman–Crippen MR) is 49.3 cm³/mol. The quantitative estimate of drug-likeness (QED) is 0.713. The summed E-state index contributed by atoms with van der Waals surface area (Å²) in [5, 5.41) is 8.85. The lowest BCUT2D eigenvalue weighted by Crippen LogP contribution is -2.42. The highest BCUT2D eigenvalue weighted by Crippen LogP contribution is 2.10. The zero-order valence-corrected chi connectivity index (χ0v) is 8.57. The first kappa shape index (κ1) is 11.9. The van der Waals surface area contributed by atoms with Crippen LogP contribution in [0, 0.1) is 5.92 Å². The van der Waals surface area contributed by atoms with Crippen LogP contribution in [0.15, 0.2) is 0 Å². The molecule has 1 N–H and O–H groups in total. The largest absolute Gasteiger partial charge is 0.480 e. The van der Waals surface area contributed by atoms with E-state index in [0.717, 1.165) is 0 Å². The maximum absolute atomic E-state index is 10.9. The minimum absolute atomic E-state index is 0.215. The third-order valence-corrected chi connectivity index (χ3v) is 1.94. The molecule has 0 heterocycles. The molecule has 1 atom stereocenters. The van der Waals surface area contributed by atoms with Crippen LogP contribution in [0.2, 0.25) is 0 Å². The second kappa shape index (κ2) is 4.84. The summed E-state index contributed by atoms with van der Waals surface area (Å²) < 4.78 is 0. The van der Waals surface area contributed by atoms with Crippen LogP contribution < -0.4 is 0 Å². The second-order valence-corrected chi connectivity index (χ2v) is 3.61. The number of rotatable bonds is 4. The van der Waals surface area contributed by atoms with E-state index in [1.165, 1.54) is 18.9 Å². The molecule has 0 unspecified atom stereocenters. The lowest BCUT2D eigenvalue weighted by molar-refractivity contribution is -0.148. The van der Waals surface area contributed by atoms with Gasteiger partial charge in [-0.05, 0) is 12.3 Å². The summed E-state index contributed by atoms with van der Waals surface area (Å²) in [5.41, 5.74) is 0. The average Bonchev–Trinajstić information content (AvgIpc) is 1.97. The Labute approximate surface area is 78.5 Å². The van der Waals surface area contributed by atoms with Crippen molar-refractivity contribution in [3.8, 4) is 0 Å². The zero-order chi connectivity index (χ0) is 10.6. The molecule has 0 saturated carbocycles. The first-order valence-corrected chi connectivity index (χ1v) is 4.32. The minimum Gasteiger partial charge on any atom is -0.480 e. The Morgan fingerprint density at radius 2 is 1.85 bits per heavy atom. The Kier molecular flexibility index (Phi) is 4.45. The van der Waals surface area contributed by atoms with Gasteiger partial charge in [-0.1, -0.05) is 13.8 Å². The van der Waals surface area contributed by atoms with Gasteiger partial charge < -0.3 is 10.0 Å². The van der Waals surface area contributed by atoms with E-state index in [2.05, 4.69) is 0 Å². The van der Waals surface area contributed by atoms with E-state index >= 15 is 0 Å². The molecule has 0 aliphatic carbocycles. The Morgan fingerprint density at radius 3 is 2.08 bits per heavy atom. The van der Waals surface area contributed by atoms with Gasteiger partial charge in [0.1, 0.15) is 6.04 Å². The number of nitrogens with zero attached hydrogens (tertiary/aromatic N) is 1. The van der Waals surface area contributed by atoms with Crippen LogP contribution in [-0.4, -0.2) is 35.0 Å². The molecule has 0 aromatic carbocycles. The highest BCUT2D eigenvalue weighted by Gasteiger charge is 2.24. The maximum atomic E-state index is 10.9. The summed E-state index contributed by atoms with van der Waals surface area (Å²) in [4.78, 5) is 23.0. The molecular weight excluding hydrogens is 170 g/mol. The Hall–Kier alpha value is -1.06. The molecule has 13 heavy (non-hydrogen) atoms. The molecule has 0 aromatic heterocycles. The van der Waals surface area contributed by atoms with Crippen LogP contribution in [0.5, 0.6) is 0 Å². The van der Waals surface area contributed by atoms with Gasteiger partial charge in [-0.3, -0.25) is 4.79 Å². The molecule has 4 heteroatoms. The van der Waals surface area contributed by atoms with Crippen LogP contribution in [0.4, 0.5) is 0 Å². The van der Waals surface area contributed by atoms with Gasteiger partial charge >= 0.3 is 5.97 Å². The molecule has 4 nitrogen and oxygen atoms in total. The van der Waals surface area contributed by atoms with E-state index in [0.29, 0.717) is 6.42 Å². The van der Waals surface area contributed by atoms with Crippen molar-refractivity contribution in [2.24, 2.45) is 5.92 Å². The van der Waals surface area contributed by atoms with Gasteiger partial charge in [0.05, 0.1) is 0 Å². The molecule has 0 saturated heterocycles. The number of carboxylic acids is 1. The number of hydrogen-bond acceptors (Lipinski definition) is 2. The number of amides is 1. The highest BCUT2D eigenvalue weighted by atomic mass is 16.4. The van der Waals surface area contributed by atoms with Crippen molar-refractivity contribution in [1.29, 1.82) is 0 Å². The number of likely N-dealkylation sites (N-methyl/N-ethyl adjacent to an activating group) is 1. The minimum atomic E-state index is -0.939. The van der Waals surface area contributed by atoms with Gasteiger partial charge in [0.15, 0.2) is 0 Å². The van der Waals surface area contributed by atoms with Crippen molar-refractivity contribution in [1.82, 2.24) is 4.90 Å². The van der Waals surface area contributed by atoms with E-state index in [-0.39, 0.29) is 11.8 Å². The summed E-state index contributed by atoms with van der Waals surface area (Å²) >= 11 is 0. The van der Waals surface area contributed by atoms with Crippen LogP contribution in [0.1, 0.15) is 27.2 Å². The van der Waals surface area contributed by atoms with E-state index in [1.54, 1.807) is 0 Å². The molecule has 0 aliphatic rings. The molecular formula is C9H17NO3. The molecule has 0 fully saturated rings. The normalized spacial score (nSPS) is 12.7. The summed E-state index contributed by atoms with van der Waals surface area (Å²) in [6, 6.07) is -0.697. The number of carboxylic acid groups (broad SMARTS) is 1. The van der Waals surface area contributed by atoms with Crippen LogP contribution in [-0.2, 0) is 9.59 Å². The molecule has 76 valence electrons. The van der Waals surface area contributed by atoms with Gasteiger partial charge in [0.25, 0.3) is 0 Å². The van der Waals surface area contributed by atoms with Crippen molar-refractivity contribution in [2.45, 2.75) is 33.2 Å². The summed E-state index contributed by atoms with van der Waals surface area (Å²) in [5.74, 6) is -0.887. The van der Waals surface area contributed by atoms with Crippen molar-refractivity contribution in [3.05, 3.63) is 0 Å². The topological polar surface area (TPSA) is 57.6 Å². The lowest BCUT2D eigenvalue weighted by atomic mass is 10.0. The SMILES string of the molecule is CC(=O)N(C)[C@H](CC(C)C)C(=O)O. The van der Waals surface area contributed by atoms with E-state index < -0.39 is 12.0 Å². The first-order valence-electron chi connectivity index (χ1n) is 4.32. The number of aliphatic carboxylic acids is 1. The summed E-state index contributed by atoms with van der Waals surface area (Å²) in [6.45, 7) is 5.24. The monoisotopic (exact) mass is 187 g/mol. The molecule has 1 amide bonds. The Morgan fingerprint density at radius 1 is 1.38 bits per heavy atom. The third kappa shape index (κ3) is 3.92. The Bertz CT molecular complexity index is 201. The van der Waals surface area contributed by atoms with Crippen LogP contribution >= 0.6 is 0 Å². The first-order chi connectivity index (χ1) is 5.86. The van der Waals surface area contributed by atoms with Gasteiger partial charge in [-0.2, -0.15) is 0 Å². The predicted octanol–water partition coefficient (Wildman–Crippen LogP) is 0.964. The van der Waals surface area contributed by atoms with Crippen LogP contribution in [0.3, 0.4) is 0 Å². The van der Waals surface area contributed by atoms with Crippen molar-refractivity contribution < 1.29 is 14.7 Å². The van der Waals surface area contributed by atoms with Crippen molar-refractivity contribution in [2.75, 3.05) is 7.05 Å². The number of hydrogen-bond donors (Lipinski definition) is 1. The molecule has 0 bridgehead atoms. The maximum Gasteiger partial charge on any atom is 0.326 e. The van der Waals surface area contributed by atoms with Gasteiger partial charge in [-0.25, -0.2) is 4.79 Å². The van der Waals surface area contributed by atoms with E-state index in [4.69, 9.17) is 5.11 Å². The highest BCUT2D eigenvalue weighted by molar-refractivity contribution is 5.81. The van der Waals surface area contributed by atoms with Crippen molar-refractivity contribution >= 4 is 11.9 Å². The van der Waals surface area contributed by atoms with Gasteiger partial charge in [0.2, 0.25) is 5.91 Å². The van der Waals surface area contributed by atoms with Crippen LogP contribution in [0.25, 0.3) is 0 Å². The molecule has 0 aromatic rings. The van der Waals surface area contributed by atoms with E-state index in [9.17, 15) is 9.59 Å². The molecule has 0 rings (SSSR count). The smallest absolute Gasteiger partial charge is 0.326 e. The average molecular weight is 187 g/mol. The zero-order valence-electron chi connectivity index (χ0n) is 8.57. The fraction of sp³-hybridized carbons (Fsp3) is 0.778. The molecule has 0 aliphatic heterocycles.